The largest absolute Gasteiger partial charge is 0.467 e. The second-order valence-electron chi connectivity index (χ2n) is 6.50. The molecule has 1 fully saturated rings. The molecule has 2 aromatic heterocycles. The summed E-state index contributed by atoms with van der Waals surface area (Å²) in [6.07, 6.45) is 2.45. The second-order valence-corrected chi connectivity index (χ2v) is 6.50. The molecule has 1 unspecified atom stereocenters. The Kier molecular flexibility index (Phi) is 4.43. The molecule has 4 rings (SSSR count). The van der Waals surface area contributed by atoms with Gasteiger partial charge < -0.3 is 19.6 Å². The molecule has 2 amide bonds. The van der Waals surface area contributed by atoms with Gasteiger partial charge in [-0.05, 0) is 24.3 Å². The summed E-state index contributed by atoms with van der Waals surface area (Å²) in [6.45, 7) is 1.33. The highest BCUT2D eigenvalue weighted by Gasteiger charge is 2.34. The van der Waals surface area contributed by atoms with Gasteiger partial charge in [-0.2, -0.15) is 0 Å². The maximum atomic E-state index is 12.4. The van der Waals surface area contributed by atoms with Crippen LogP contribution in [0.1, 0.15) is 18.0 Å². The van der Waals surface area contributed by atoms with E-state index in [0.29, 0.717) is 26.1 Å². The normalized spacial score (nSPS) is 17.2. The number of amides is 2. The zero-order chi connectivity index (χ0) is 17.9. The predicted octanol–water partition coefficient (Wildman–Crippen LogP) is 1.86. The van der Waals surface area contributed by atoms with Crippen LogP contribution < -0.4 is 5.32 Å². The van der Waals surface area contributed by atoms with Crippen LogP contribution in [-0.4, -0.2) is 39.8 Å². The first kappa shape index (κ1) is 16.4. The van der Waals surface area contributed by atoms with Crippen LogP contribution in [0.2, 0.25) is 0 Å². The lowest BCUT2D eigenvalue weighted by Gasteiger charge is -2.15. The summed E-state index contributed by atoms with van der Waals surface area (Å²) < 4.78 is 5.27. The number of likely N-dealkylation sites (tertiary alicyclic amines) is 1. The van der Waals surface area contributed by atoms with Gasteiger partial charge in [-0.15, -0.1) is 0 Å². The molecule has 1 saturated heterocycles. The van der Waals surface area contributed by atoms with Crippen LogP contribution in [0, 0.1) is 5.92 Å². The second kappa shape index (κ2) is 7.03. The molecule has 3 aromatic rings. The van der Waals surface area contributed by atoms with E-state index in [0.717, 1.165) is 22.6 Å². The number of carbonyl (C=O) groups excluding carboxylic acids is 2. The van der Waals surface area contributed by atoms with E-state index in [1.807, 2.05) is 30.3 Å². The number of nitrogens with zero attached hydrogens (tertiary/aromatic N) is 2. The number of aromatic amines is 1. The van der Waals surface area contributed by atoms with Gasteiger partial charge in [0.15, 0.2) is 0 Å². The van der Waals surface area contributed by atoms with E-state index in [2.05, 4.69) is 15.3 Å². The third-order valence-corrected chi connectivity index (χ3v) is 4.61. The van der Waals surface area contributed by atoms with Gasteiger partial charge in [0, 0.05) is 25.9 Å². The molecule has 0 bridgehead atoms. The fraction of sp³-hybridized carbons (Fsp3) is 0.316. The van der Waals surface area contributed by atoms with Crippen molar-refractivity contribution in [3.63, 3.8) is 0 Å². The highest BCUT2D eigenvalue weighted by molar-refractivity contribution is 5.89. The number of H-pyrrole nitrogens is 1. The zero-order valence-electron chi connectivity index (χ0n) is 14.3. The molecule has 7 heteroatoms. The minimum atomic E-state index is -0.312. The molecule has 0 aliphatic carbocycles. The zero-order valence-corrected chi connectivity index (χ0v) is 14.3. The van der Waals surface area contributed by atoms with Crippen LogP contribution in [0.25, 0.3) is 11.0 Å². The summed E-state index contributed by atoms with van der Waals surface area (Å²) in [5, 5.41) is 2.92. The number of hydrogen-bond acceptors (Lipinski definition) is 4. The summed E-state index contributed by atoms with van der Waals surface area (Å²) in [4.78, 5) is 33.9. The number of aromatic nitrogens is 2. The summed E-state index contributed by atoms with van der Waals surface area (Å²) in [5.41, 5.74) is 1.91. The van der Waals surface area contributed by atoms with Crippen molar-refractivity contribution in [3.8, 4) is 0 Å². The van der Waals surface area contributed by atoms with Crippen LogP contribution in [0.4, 0.5) is 0 Å². The summed E-state index contributed by atoms with van der Waals surface area (Å²) >= 11 is 0. The quantitative estimate of drug-likeness (QED) is 0.708. The fourth-order valence-electron chi connectivity index (χ4n) is 3.26. The minimum absolute atomic E-state index is 0.0150. The van der Waals surface area contributed by atoms with E-state index in [1.54, 1.807) is 17.2 Å². The molecule has 1 aliphatic rings. The summed E-state index contributed by atoms with van der Waals surface area (Å²) in [6, 6.07) is 11.4. The van der Waals surface area contributed by atoms with Crippen molar-refractivity contribution in [3.05, 3.63) is 54.2 Å². The number of fused-ring (bicyclic) bond motifs is 1. The lowest BCUT2D eigenvalue weighted by atomic mass is 10.1. The Morgan fingerprint density at radius 1 is 1.31 bits per heavy atom. The molecule has 26 heavy (non-hydrogen) atoms. The SMILES string of the molecule is O=C(NCCc1nc2ccccc2[nH]1)C1CC(=O)N(Cc2ccco2)C1. The number of para-hydroxylation sites is 2. The van der Waals surface area contributed by atoms with Gasteiger partial charge in [-0.25, -0.2) is 4.98 Å². The van der Waals surface area contributed by atoms with E-state index in [9.17, 15) is 9.59 Å². The maximum Gasteiger partial charge on any atom is 0.225 e. The average Bonchev–Trinajstić information content (AvgIpc) is 3.35. The molecule has 0 radical (unpaired) electrons. The van der Waals surface area contributed by atoms with Crippen LogP contribution in [0.3, 0.4) is 0 Å². The van der Waals surface area contributed by atoms with E-state index < -0.39 is 0 Å². The van der Waals surface area contributed by atoms with Crippen LogP contribution in [0.15, 0.2) is 47.1 Å². The molecule has 2 N–H and O–H groups in total. The van der Waals surface area contributed by atoms with E-state index >= 15 is 0 Å². The summed E-state index contributed by atoms with van der Waals surface area (Å²) in [7, 11) is 0. The van der Waals surface area contributed by atoms with Crippen molar-refractivity contribution in [2.24, 2.45) is 5.92 Å². The Balaban J connectivity index is 1.27. The van der Waals surface area contributed by atoms with Gasteiger partial charge in [-0.1, -0.05) is 12.1 Å². The number of imidazole rings is 1. The van der Waals surface area contributed by atoms with Crippen molar-refractivity contribution in [1.82, 2.24) is 20.2 Å². The van der Waals surface area contributed by atoms with E-state index in [1.165, 1.54) is 0 Å². The van der Waals surface area contributed by atoms with Crippen molar-refractivity contribution in [1.29, 1.82) is 0 Å². The fourth-order valence-corrected chi connectivity index (χ4v) is 3.26. The van der Waals surface area contributed by atoms with Crippen molar-refractivity contribution in [2.75, 3.05) is 13.1 Å². The van der Waals surface area contributed by atoms with Gasteiger partial charge >= 0.3 is 0 Å². The Hall–Kier alpha value is -3.09. The van der Waals surface area contributed by atoms with E-state index in [4.69, 9.17) is 4.42 Å². The predicted molar refractivity (Wildman–Crippen MR) is 95.0 cm³/mol. The Labute approximate surface area is 150 Å². The van der Waals surface area contributed by atoms with Crippen LogP contribution >= 0.6 is 0 Å². The standard InChI is InChI=1S/C19H20N4O3/c24-18-10-13(11-23(18)12-14-4-3-9-26-14)19(25)20-8-7-17-21-15-5-1-2-6-16(15)22-17/h1-6,9,13H,7-8,10-12H2,(H,20,25)(H,21,22). The molecular weight excluding hydrogens is 332 g/mol. The minimum Gasteiger partial charge on any atom is -0.467 e. The van der Waals surface area contributed by atoms with Crippen molar-refractivity contribution < 1.29 is 14.0 Å². The number of rotatable bonds is 6. The third-order valence-electron chi connectivity index (χ3n) is 4.61. The van der Waals surface area contributed by atoms with Gasteiger partial charge in [-0.3, -0.25) is 9.59 Å². The van der Waals surface area contributed by atoms with Gasteiger partial charge in [0.25, 0.3) is 0 Å². The molecule has 1 aliphatic heterocycles. The summed E-state index contributed by atoms with van der Waals surface area (Å²) in [5.74, 6) is 1.15. The highest BCUT2D eigenvalue weighted by atomic mass is 16.3. The lowest BCUT2D eigenvalue weighted by molar-refractivity contribution is -0.129. The molecule has 3 heterocycles. The molecule has 134 valence electrons. The number of hydrogen-bond donors (Lipinski definition) is 2. The molecular formula is C19H20N4O3. The Morgan fingerprint density at radius 2 is 2.19 bits per heavy atom. The Bertz CT molecular complexity index is 883. The van der Waals surface area contributed by atoms with Gasteiger partial charge in [0.05, 0.1) is 29.8 Å². The molecule has 1 atom stereocenters. The molecule has 7 nitrogen and oxygen atoms in total. The maximum absolute atomic E-state index is 12.4. The van der Waals surface area contributed by atoms with Crippen molar-refractivity contribution in [2.45, 2.75) is 19.4 Å². The number of carbonyl (C=O) groups is 2. The topological polar surface area (TPSA) is 91.2 Å². The van der Waals surface area contributed by atoms with Gasteiger partial charge in [0.1, 0.15) is 11.6 Å². The van der Waals surface area contributed by atoms with Crippen molar-refractivity contribution >= 4 is 22.8 Å². The highest BCUT2D eigenvalue weighted by Crippen LogP contribution is 2.20. The molecule has 0 spiro atoms. The lowest BCUT2D eigenvalue weighted by Crippen LogP contribution is -2.34. The first-order chi connectivity index (χ1) is 12.7. The van der Waals surface area contributed by atoms with Gasteiger partial charge in [0.2, 0.25) is 11.8 Å². The van der Waals surface area contributed by atoms with Crippen LogP contribution in [0.5, 0.6) is 0 Å². The monoisotopic (exact) mass is 352 g/mol. The first-order valence-electron chi connectivity index (χ1n) is 8.70. The average molecular weight is 352 g/mol. The number of furan rings is 1. The third kappa shape index (κ3) is 3.46. The first-order valence-corrected chi connectivity index (χ1v) is 8.70. The molecule has 1 aromatic carbocycles. The van der Waals surface area contributed by atoms with Crippen LogP contribution in [-0.2, 0) is 22.6 Å². The Morgan fingerprint density at radius 3 is 3.00 bits per heavy atom. The molecule has 0 saturated carbocycles. The van der Waals surface area contributed by atoms with E-state index in [-0.39, 0.29) is 24.2 Å². The number of nitrogens with one attached hydrogen (secondary N) is 2. The smallest absolute Gasteiger partial charge is 0.225 e. The number of benzene rings is 1.